The average Bonchev–Trinajstić information content (AvgIpc) is 2.91. The van der Waals surface area contributed by atoms with Crippen LogP contribution >= 0.6 is 11.8 Å². The van der Waals surface area contributed by atoms with Gasteiger partial charge >= 0.3 is 12.0 Å². The minimum atomic E-state index is -0.998. The van der Waals surface area contributed by atoms with Gasteiger partial charge in [-0.25, -0.2) is 9.59 Å². The summed E-state index contributed by atoms with van der Waals surface area (Å²) in [6.07, 6.45) is 8.37. The van der Waals surface area contributed by atoms with E-state index < -0.39 is 11.5 Å². The lowest BCUT2D eigenvalue weighted by Gasteiger charge is -2.33. The van der Waals surface area contributed by atoms with Crippen LogP contribution in [0, 0.1) is 0 Å². The van der Waals surface area contributed by atoms with E-state index in [0.717, 1.165) is 19.3 Å². The molecule has 1 fully saturated rings. The Bertz CT molecular complexity index is 352. The van der Waals surface area contributed by atoms with Crippen LogP contribution in [0.5, 0.6) is 0 Å². The maximum Gasteiger partial charge on any atom is 0.329 e. The molecule has 1 aliphatic rings. The van der Waals surface area contributed by atoms with Crippen LogP contribution in [0.2, 0.25) is 0 Å². The van der Waals surface area contributed by atoms with Gasteiger partial charge in [0, 0.05) is 13.1 Å². The van der Waals surface area contributed by atoms with Gasteiger partial charge in [0.1, 0.15) is 5.54 Å². The summed E-state index contributed by atoms with van der Waals surface area (Å²) in [6, 6.07) is -0.221. The third kappa shape index (κ3) is 4.80. The molecule has 1 unspecified atom stereocenters. The van der Waals surface area contributed by atoms with E-state index in [0.29, 0.717) is 25.9 Å². The van der Waals surface area contributed by atoms with Gasteiger partial charge in [0.25, 0.3) is 0 Å². The number of nitrogens with one attached hydrogen (secondary N) is 1. The first kappa shape index (κ1) is 18.1. The molecule has 0 radical (unpaired) electrons. The molecule has 1 atom stereocenters. The number of urea groups is 1. The quantitative estimate of drug-likeness (QED) is 0.642. The molecule has 1 saturated heterocycles. The second kappa shape index (κ2) is 9.18. The highest BCUT2D eigenvalue weighted by molar-refractivity contribution is 7.98. The summed E-state index contributed by atoms with van der Waals surface area (Å²) in [4.78, 5) is 25.2. The summed E-state index contributed by atoms with van der Waals surface area (Å²) in [6.45, 7) is 3.01. The van der Waals surface area contributed by atoms with Crippen LogP contribution in [-0.4, -0.2) is 52.6 Å². The fourth-order valence-electron chi connectivity index (χ4n) is 2.93. The van der Waals surface area contributed by atoms with Crippen molar-refractivity contribution in [3.8, 4) is 0 Å². The summed E-state index contributed by atoms with van der Waals surface area (Å²) >= 11 is 1.86. The zero-order chi connectivity index (χ0) is 15.7. The summed E-state index contributed by atoms with van der Waals surface area (Å²) in [5, 5.41) is 12.3. The van der Waals surface area contributed by atoms with Gasteiger partial charge in [0.05, 0.1) is 0 Å². The second-order valence-corrected chi connectivity index (χ2v) is 6.57. The number of hydrogen-bond acceptors (Lipinski definition) is 3. The molecule has 5 nitrogen and oxygen atoms in total. The lowest BCUT2D eigenvalue weighted by atomic mass is 9.93. The number of nitrogens with zero attached hydrogens (tertiary/aromatic N) is 1. The molecule has 21 heavy (non-hydrogen) atoms. The molecule has 6 heteroatoms. The molecule has 1 rings (SSSR count). The Balaban J connectivity index is 2.33. The minimum Gasteiger partial charge on any atom is -0.479 e. The summed E-state index contributed by atoms with van der Waals surface area (Å²) in [7, 11) is 0. The third-order valence-corrected chi connectivity index (χ3v) is 4.97. The maximum atomic E-state index is 12.2. The summed E-state index contributed by atoms with van der Waals surface area (Å²) < 4.78 is 0. The molecule has 0 aromatic carbocycles. The normalized spacial score (nSPS) is 21.5. The Labute approximate surface area is 131 Å². The smallest absolute Gasteiger partial charge is 0.329 e. The van der Waals surface area contributed by atoms with E-state index in [1.165, 1.54) is 23.5 Å². The molecule has 122 valence electrons. The van der Waals surface area contributed by atoms with Crippen LogP contribution < -0.4 is 5.32 Å². The maximum absolute atomic E-state index is 12.2. The Morgan fingerprint density at radius 3 is 2.62 bits per heavy atom. The monoisotopic (exact) mass is 316 g/mol. The number of likely N-dealkylation sites (tertiary alicyclic amines) is 1. The highest BCUT2D eigenvalue weighted by Crippen LogP contribution is 2.32. The second-order valence-electron chi connectivity index (χ2n) is 5.58. The van der Waals surface area contributed by atoms with Gasteiger partial charge in [-0.15, -0.1) is 0 Å². The zero-order valence-electron chi connectivity index (χ0n) is 13.2. The van der Waals surface area contributed by atoms with Gasteiger partial charge in [-0.1, -0.05) is 19.8 Å². The molecule has 1 heterocycles. The number of unbranched alkanes of at least 4 members (excludes halogenated alkanes) is 3. The van der Waals surface area contributed by atoms with Crippen molar-refractivity contribution in [3.05, 3.63) is 0 Å². The topological polar surface area (TPSA) is 69.6 Å². The van der Waals surface area contributed by atoms with Crippen molar-refractivity contribution in [2.24, 2.45) is 0 Å². The van der Waals surface area contributed by atoms with E-state index in [9.17, 15) is 14.7 Å². The number of amides is 2. The van der Waals surface area contributed by atoms with E-state index in [4.69, 9.17) is 0 Å². The standard InChI is InChI=1S/C15H28N2O3S/c1-3-15(13(18)19)9-8-11-17(15)14(20)16-10-6-4-5-7-12-21-2/h3-12H2,1-2H3,(H,16,20)(H,18,19). The van der Waals surface area contributed by atoms with Crippen molar-refractivity contribution in [3.63, 3.8) is 0 Å². The molecule has 0 aromatic heterocycles. The van der Waals surface area contributed by atoms with Crippen LogP contribution in [0.15, 0.2) is 0 Å². The van der Waals surface area contributed by atoms with E-state index >= 15 is 0 Å². The van der Waals surface area contributed by atoms with Crippen molar-refractivity contribution in [2.45, 2.75) is 57.4 Å². The molecule has 1 aliphatic heterocycles. The van der Waals surface area contributed by atoms with Gasteiger partial charge in [-0.3, -0.25) is 0 Å². The third-order valence-electron chi connectivity index (χ3n) is 4.27. The van der Waals surface area contributed by atoms with Crippen LogP contribution in [0.1, 0.15) is 51.9 Å². The first-order chi connectivity index (χ1) is 10.1. The van der Waals surface area contributed by atoms with E-state index in [1.54, 1.807) is 0 Å². The lowest BCUT2D eigenvalue weighted by Crippen LogP contribution is -2.55. The largest absolute Gasteiger partial charge is 0.479 e. The number of carboxylic acids is 1. The van der Waals surface area contributed by atoms with Crippen molar-refractivity contribution in [1.82, 2.24) is 10.2 Å². The molecule has 2 amide bonds. The van der Waals surface area contributed by atoms with E-state index in [-0.39, 0.29) is 6.03 Å². The van der Waals surface area contributed by atoms with E-state index in [2.05, 4.69) is 11.6 Å². The Morgan fingerprint density at radius 1 is 1.29 bits per heavy atom. The zero-order valence-corrected chi connectivity index (χ0v) is 14.0. The van der Waals surface area contributed by atoms with Crippen molar-refractivity contribution in [2.75, 3.05) is 25.1 Å². The highest BCUT2D eigenvalue weighted by Gasteiger charge is 2.48. The van der Waals surface area contributed by atoms with Crippen LogP contribution in [0.25, 0.3) is 0 Å². The molecule has 0 aliphatic carbocycles. The predicted molar refractivity (Wildman–Crippen MR) is 86.8 cm³/mol. The van der Waals surface area contributed by atoms with Gasteiger partial charge in [-0.05, 0) is 44.1 Å². The number of carbonyl (C=O) groups excluding carboxylic acids is 1. The molecule has 0 aromatic rings. The molecule has 2 N–H and O–H groups in total. The number of carbonyl (C=O) groups is 2. The Kier molecular flexibility index (Phi) is 7.93. The van der Waals surface area contributed by atoms with Crippen molar-refractivity contribution < 1.29 is 14.7 Å². The first-order valence-electron chi connectivity index (χ1n) is 7.86. The van der Waals surface area contributed by atoms with Gasteiger partial charge in [-0.2, -0.15) is 11.8 Å². The summed E-state index contributed by atoms with van der Waals surface area (Å²) in [5.74, 6) is 0.312. The fraction of sp³-hybridized carbons (Fsp3) is 0.867. The predicted octanol–water partition coefficient (Wildman–Crippen LogP) is 2.95. The molecular formula is C15H28N2O3S. The number of carboxylic acid groups (broad SMARTS) is 1. The number of thioether (sulfide) groups is 1. The molecule has 0 bridgehead atoms. The van der Waals surface area contributed by atoms with Crippen LogP contribution in [0.4, 0.5) is 4.79 Å². The van der Waals surface area contributed by atoms with Crippen molar-refractivity contribution >= 4 is 23.8 Å². The van der Waals surface area contributed by atoms with Crippen molar-refractivity contribution in [1.29, 1.82) is 0 Å². The van der Waals surface area contributed by atoms with Gasteiger partial charge in [0.2, 0.25) is 0 Å². The van der Waals surface area contributed by atoms with Gasteiger partial charge in [0.15, 0.2) is 0 Å². The fourth-order valence-corrected chi connectivity index (χ4v) is 3.42. The molecule has 0 saturated carbocycles. The average molecular weight is 316 g/mol. The lowest BCUT2D eigenvalue weighted by molar-refractivity contribution is -0.148. The Hall–Kier alpha value is -0.910. The molecule has 0 spiro atoms. The first-order valence-corrected chi connectivity index (χ1v) is 9.25. The minimum absolute atomic E-state index is 0.221. The molecular weight excluding hydrogens is 288 g/mol. The van der Waals surface area contributed by atoms with E-state index in [1.807, 2.05) is 18.7 Å². The summed E-state index contributed by atoms with van der Waals surface area (Å²) in [5.41, 5.74) is -0.998. The SMILES string of the molecule is CCC1(C(=O)O)CCCN1C(=O)NCCCCCCSC. The van der Waals surface area contributed by atoms with Crippen LogP contribution in [-0.2, 0) is 4.79 Å². The number of hydrogen-bond donors (Lipinski definition) is 2. The Morgan fingerprint density at radius 2 is 2.00 bits per heavy atom. The van der Waals surface area contributed by atoms with Crippen LogP contribution in [0.3, 0.4) is 0 Å². The van der Waals surface area contributed by atoms with Gasteiger partial charge < -0.3 is 15.3 Å². The number of rotatable bonds is 9. The highest BCUT2D eigenvalue weighted by atomic mass is 32.2. The number of aliphatic carboxylic acids is 1.